The molecular formula is C17H17N3O4. The molecule has 0 heterocycles. The normalized spacial score (nSPS) is 11.4. The molecule has 0 fully saturated rings. The van der Waals surface area contributed by atoms with Gasteiger partial charge < -0.3 is 10.6 Å². The smallest absolute Gasteiger partial charge is 0.269 e. The van der Waals surface area contributed by atoms with E-state index in [9.17, 15) is 19.7 Å². The Morgan fingerprint density at radius 3 is 2.25 bits per heavy atom. The molecule has 0 saturated heterocycles. The Hall–Kier alpha value is -3.22. The number of nitrogens with one attached hydrogen (secondary N) is 2. The standard InChI is InChI=1S/C17H17N3O4/c1-18-17(22)15(19-16(21)13-5-3-2-4-6-13)11-12-7-9-14(10-8-12)20(23)24/h2-10,15H,11H2,1H3,(H,18,22)(H,19,21). The predicted molar refractivity (Wildman–Crippen MR) is 88.6 cm³/mol. The highest BCUT2D eigenvalue weighted by Gasteiger charge is 2.21. The third kappa shape index (κ3) is 4.39. The Labute approximate surface area is 138 Å². The number of carbonyl (C=O) groups excluding carboxylic acids is 2. The minimum absolute atomic E-state index is 0.0245. The molecule has 7 heteroatoms. The van der Waals surface area contributed by atoms with E-state index in [2.05, 4.69) is 10.6 Å². The van der Waals surface area contributed by atoms with Crippen LogP contribution >= 0.6 is 0 Å². The lowest BCUT2D eigenvalue weighted by Gasteiger charge is -2.17. The summed E-state index contributed by atoms with van der Waals surface area (Å²) in [6.45, 7) is 0. The van der Waals surface area contributed by atoms with Crippen LogP contribution in [-0.2, 0) is 11.2 Å². The van der Waals surface area contributed by atoms with Crippen LogP contribution in [0.5, 0.6) is 0 Å². The molecule has 0 spiro atoms. The van der Waals surface area contributed by atoms with Crippen molar-refractivity contribution in [3.63, 3.8) is 0 Å². The molecule has 0 aromatic heterocycles. The molecule has 2 rings (SSSR count). The number of benzene rings is 2. The summed E-state index contributed by atoms with van der Waals surface area (Å²) in [4.78, 5) is 34.4. The van der Waals surface area contributed by atoms with Gasteiger partial charge in [0.15, 0.2) is 0 Å². The summed E-state index contributed by atoms with van der Waals surface area (Å²) in [6, 6.07) is 13.7. The maximum Gasteiger partial charge on any atom is 0.269 e. The monoisotopic (exact) mass is 327 g/mol. The van der Waals surface area contributed by atoms with E-state index in [1.54, 1.807) is 42.5 Å². The van der Waals surface area contributed by atoms with E-state index in [0.29, 0.717) is 11.1 Å². The molecule has 124 valence electrons. The van der Waals surface area contributed by atoms with Gasteiger partial charge in [0.2, 0.25) is 5.91 Å². The van der Waals surface area contributed by atoms with Crippen molar-refractivity contribution in [1.82, 2.24) is 10.6 Å². The van der Waals surface area contributed by atoms with Crippen molar-refractivity contribution in [3.8, 4) is 0 Å². The molecule has 7 nitrogen and oxygen atoms in total. The van der Waals surface area contributed by atoms with Crippen molar-refractivity contribution in [3.05, 3.63) is 75.8 Å². The quantitative estimate of drug-likeness (QED) is 0.622. The molecule has 0 bridgehead atoms. The van der Waals surface area contributed by atoms with Gasteiger partial charge in [-0.15, -0.1) is 0 Å². The molecule has 0 saturated carbocycles. The molecule has 0 radical (unpaired) electrons. The highest BCUT2D eigenvalue weighted by Crippen LogP contribution is 2.13. The van der Waals surface area contributed by atoms with Gasteiger partial charge in [-0.2, -0.15) is 0 Å². The van der Waals surface area contributed by atoms with Crippen LogP contribution in [0, 0.1) is 10.1 Å². The van der Waals surface area contributed by atoms with Crippen LogP contribution in [0.3, 0.4) is 0 Å². The first-order valence-corrected chi connectivity index (χ1v) is 7.32. The summed E-state index contributed by atoms with van der Waals surface area (Å²) in [5.41, 5.74) is 1.14. The van der Waals surface area contributed by atoms with E-state index in [-0.39, 0.29) is 23.9 Å². The Morgan fingerprint density at radius 1 is 1.08 bits per heavy atom. The molecule has 0 aliphatic carbocycles. The molecule has 2 amide bonds. The number of carbonyl (C=O) groups is 2. The van der Waals surface area contributed by atoms with E-state index in [4.69, 9.17) is 0 Å². The van der Waals surface area contributed by atoms with Gasteiger partial charge in [-0.25, -0.2) is 0 Å². The first-order chi connectivity index (χ1) is 11.5. The minimum Gasteiger partial charge on any atom is -0.357 e. The van der Waals surface area contributed by atoms with Crippen LogP contribution in [0.1, 0.15) is 15.9 Å². The predicted octanol–water partition coefficient (Wildman–Crippen LogP) is 1.68. The topological polar surface area (TPSA) is 101 Å². The second kappa shape index (κ2) is 7.87. The lowest BCUT2D eigenvalue weighted by molar-refractivity contribution is -0.384. The first kappa shape index (κ1) is 17.1. The van der Waals surface area contributed by atoms with Crippen LogP contribution in [0.25, 0.3) is 0 Å². The lowest BCUT2D eigenvalue weighted by Crippen LogP contribution is -2.47. The number of likely N-dealkylation sites (N-methyl/N-ethyl adjacent to an activating group) is 1. The van der Waals surface area contributed by atoms with Gasteiger partial charge >= 0.3 is 0 Å². The number of nitrogens with zero attached hydrogens (tertiary/aromatic N) is 1. The summed E-state index contributed by atoms with van der Waals surface area (Å²) in [5.74, 6) is -0.691. The van der Waals surface area contributed by atoms with Crippen molar-refractivity contribution in [2.24, 2.45) is 0 Å². The number of non-ortho nitro benzene ring substituents is 1. The van der Waals surface area contributed by atoms with Gasteiger partial charge in [0.1, 0.15) is 6.04 Å². The highest BCUT2D eigenvalue weighted by atomic mass is 16.6. The molecule has 24 heavy (non-hydrogen) atoms. The number of nitro groups is 1. The lowest BCUT2D eigenvalue weighted by atomic mass is 10.0. The minimum atomic E-state index is -0.774. The Balaban J connectivity index is 2.12. The zero-order valence-electron chi connectivity index (χ0n) is 13.1. The largest absolute Gasteiger partial charge is 0.357 e. The van der Waals surface area contributed by atoms with Crippen molar-refractivity contribution in [2.75, 3.05) is 7.05 Å². The molecule has 1 atom stereocenters. The molecule has 1 unspecified atom stereocenters. The molecule has 2 aromatic carbocycles. The van der Waals surface area contributed by atoms with Crippen molar-refractivity contribution >= 4 is 17.5 Å². The number of hydrogen-bond acceptors (Lipinski definition) is 4. The van der Waals surface area contributed by atoms with E-state index < -0.39 is 11.0 Å². The molecule has 0 aliphatic rings. The Bertz CT molecular complexity index is 729. The molecular weight excluding hydrogens is 310 g/mol. The third-order valence-electron chi connectivity index (χ3n) is 3.49. The van der Waals surface area contributed by atoms with Crippen LogP contribution in [0.2, 0.25) is 0 Å². The van der Waals surface area contributed by atoms with Crippen molar-refractivity contribution < 1.29 is 14.5 Å². The Kier molecular flexibility index (Phi) is 5.62. The van der Waals surface area contributed by atoms with E-state index in [1.165, 1.54) is 19.2 Å². The third-order valence-corrected chi connectivity index (χ3v) is 3.49. The molecule has 2 N–H and O–H groups in total. The zero-order chi connectivity index (χ0) is 17.5. The van der Waals surface area contributed by atoms with Crippen LogP contribution in [-0.4, -0.2) is 29.8 Å². The first-order valence-electron chi connectivity index (χ1n) is 7.32. The fourth-order valence-electron chi connectivity index (χ4n) is 2.20. The van der Waals surface area contributed by atoms with E-state index >= 15 is 0 Å². The maximum atomic E-state index is 12.2. The second-order valence-corrected chi connectivity index (χ2v) is 5.13. The van der Waals surface area contributed by atoms with Crippen LogP contribution < -0.4 is 10.6 Å². The number of rotatable bonds is 6. The van der Waals surface area contributed by atoms with Gasteiger partial charge in [-0.1, -0.05) is 30.3 Å². The fraction of sp³-hybridized carbons (Fsp3) is 0.176. The summed E-state index contributed by atoms with van der Waals surface area (Å²) < 4.78 is 0. The summed E-state index contributed by atoms with van der Waals surface area (Å²) >= 11 is 0. The summed E-state index contributed by atoms with van der Waals surface area (Å²) in [6.07, 6.45) is 0.232. The number of nitro benzene ring substituents is 1. The molecule has 2 aromatic rings. The highest BCUT2D eigenvalue weighted by molar-refractivity contribution is 5.97. The SMILES string of the molecule is CNC(=O)C(Cc1ccc([N+](=O)[O-])cc1)NC(=O)c1ccccc1. The number of hydrogen-bond donors (Lipinski definition) is 2. The van der Waals surface area contributed by atoms with Gasteiger partial charge in [0.25, 0.3) is 11.6 Å². The van der Waals surface area contributed by atoms with Gasteiger partial charge in [0.05, 0.1) is 4.92 Å². The van der Waals surface area contributed by atoms with Gasteiger partial charge in [0, 0.05) is 31.2 Å². The Morgan fingerprint density at radius 2 is 1.71 bits per heavy atom. The summed E-state index contributed by atoms with van der Waals surface area (Å²) in [5, 5.41) is 15.9. The van der Waals surface area contributed by atoms with Gasteiger partial charge in [-0.05, 0) is 17.7 Å². The second-order valence-electron chi connectivity index (χ2n) is 5.13. The van der Waals surface area contributed by atoms with E-state index in [0.717, 1.165) is 0 Å². The fourth-order valence-corrected chi connectivity index (χ4v) is 2.20. The molecule has 0 aliphatic heterocycles. The maximum absolute atomic E-state index is 12.2. The average molecular weight is 327 g/mol. The van der Waals surface area contributed by atoms with Crippen molar-refractivity contribution in [2.45, 2.75) is 12.5 Å². The van der Waals surface area contributed by atoms with Crippen molar-refractivity contribution in [1.29, 1.82) is 0 Å². The van der Waals surface area contributed by atoms with Crippen LogP contribution in [0.15, 0.2) is 54.6 Å². The number of amides is 2. The summed E-state index contributed by atoms with van der Waals surface area (Å²) in [7, 11) is 1.49. The van der Waals surface area contributed by atoms with Gasteiger partial charge in [-0.3, -0.25) is 19.7 Å². The van der Waals surface area contributed by atoms with E-state index in [1.807, 2.05) is 0 Å². The van der Waals surface area contributed by atoms with Crippen LogP contribution in [0.4, 0.5) is 5.69 Å². The zero-order valence-corrected chi connectivity index (χ0v) is 13.1. The average Bonchev–Trinajstić information content (AvgIpc) is 2.61.